The van der Waals surface area contributed by atoms with Crippen LogP contribution in [0.4, 0.5) is 14.7 Å². The third-order valence-electron chi connectivity index (χ3n) is 2.85. The molecule has 0 amide bonds. The molecule has 1 aromatic rings. The van der Waals surface area contributed by atoms with Crippen molar-refractivity contribution in [2.45, 2.75) is 38.0 Å². The van der Waals surface area contributed by atoms with E-state index >= 15 is 0 Å². The second-order valence-electron chi connectivity index (χ2n) is 3.68. The van der Waals surface area contributed by atoms with Crippen LogP contribution in [0.25, 0.3) is 0 Å². The summed E-state index contributed by atoms with van der Waals surface area (Å²) in [7, 11) is 0. The highest BCUT2D eigenvalue weighted by Crippen LogP contribution is 2.53. The first-order valence-electron chi connectivity index (χ1n) is 4.64. The molecule has 0 atom stereocenters. The van der Waals surface area contributed by atoms with Gasteiger partial charge >= 0.3 is 0 Å². The fourth-order valence-electron chi connectivity index (χ4n) is 1.75. The zero-order valence-electron chi connectivity index (χ0n) is 7.89. The van der Waals surface area contributed by atoms with Gasteiger partial charge in [0.1, 0.15) is 5.69 Å². The second kappa shape index (κ2) is 2.93. The van der Waals surface area contributed by atoms with Crippen molar-refractivity contribution in [3.63, 3.8) is 0 Å². The molecule has 5 heteroatoms. The molecule has 2 rings (SSSR count). The average Bonchev–Trinajstić information content (AvgIpc) is 2.86. The molecule has 1 heterocycles. The molecule has 1 aliphatic carbocycles. The van der Waals surface area contributed by atoms with E-state index in [4.69, 9.17) is 10.3 Å². The van der Waals surface area contributed by atoms with Gasteiger partial charge in [-0.15, -0.1) is 0 Å². The summed E-state index contributed by atoms with van der Waals surface area (Å²) in [6.07, 6.45) is -0.843. The summed E-state index contributed by atoms with van der Waals surface area (Å²) in [6, 6.07) is 0. The Balaban J connectivity index is 2.41. The van der Waals surface area contributed by atoms with Gasteiger partial charge in [-0.25, -0.2) is 8.78 Å². The molecule has 1 fully saturated rings. The molecule has 0 aliphatic heterocycles. The fraction of sp³-hybridized carbons (Fsp3) is 0.667. The van der Waals surface area contributed by atoms with Crippen molar-refractivity contribution in [3.05, 3.63) is 11.3 Å². The molecule has 1 aromatic heterocycles. The second-order valence-corrected chi connectivity index (χ2v) is 3.68. The van der Waals surface area contributed by atoms with Crippen LogP contribution < -0.4 is 5.73 Å². The van der Waals surface area contributed by atoms with E-state index in [1.54, 1.807) is 0 Å². The lowest BCUT2D eigenvalue weighted by molar-refractivity contribution is 0.0977. The Morgan fingerprint density at radius 1 is 1.57 bits per heavy atom. The Hall–Kier alpha value is -1.13. The van der Waals surface area contributed by atoms with Crippen molar-refractivity contribution in [1.82, 2.24) is 5.16 Å². The van der Waals surface area contributed by atoms with Gasteiger partial charge in [-0.3, -0.25) is 0 Å². The summed E-state index contributed by atoms with van der Waals surface area (Å²) in [5.41, 5.74) is 5.45. The number of anilines is 1. The minimum absolute atomic E-state index is 0.175. The maximum Gasteiger partial charge on any atom is 0.249 e. The van der Waals surface area contributed by atoms with Gasteiger partial charge in [-0.1, -0.05) is 12.1 Å². The first kappa shape index (κ1) is 9.43. The first-order chi connectivity index (χ1) is 6.62. The molecule has 0 unspecified atom stereocenters. The van der Waals surface area contributed by atoms with Crippen LogP contribution >= 0.6 is 0 Å². The number of nitrogen functional groups attached to an aromatic ring is 1. The van der Waals surface area contributed by atoms with E-state index < -0.39 is 11.8 Å². The van der Waals surface area contributed by atoms with Gasteiger partial charge < -0.3 is 10.3 Å². The topological polar surface area (TPSA) is 52.0 Å². The monoisotopic (exact) mass is 202 g/mol. The summed E-state index contributed by atoms with van der Waals surface area (Å²) >= 11 is 0. The van der Waals surface area contributed by atoms with E-state index in [1.165, 1.54) is 0 Å². The van der Waals surface area contributed by atoms with Crippen molar-refractivity contribution in [2.75, 3.05) is 5.73 Å². The highest BCUT2D eigenvalue weighted by molar-refractivity contribution is 5.44. The van der Waals surface area contributed by atoms with Crippen molar-refractivity contribution in [3.8, 4) is 0 Å². The molecule has 2 N–H and O–H groups in total. The Labute approximate surface area is 80.3 Å². The Bertz CT molecular complexity index is 345. The highest BCUT2D eigenvalue weighted by Gasteiger charge is 2.56. The summed E-state index contributed by atoms with van der Waals surface area (Å²) in [5, 5.41) is 3.66. The minimum atomic E-state index is -2.38. The van der Waals surface area contributed by atoms with Gasteiger partial charge in [0.05, 0.1) is 5.41 Å². The highest BCUT2D eigenvalue weighted by atomic mass is 19.3. The van der Waals surface area contributed by atoms with Crippen LogP contribution in [0.3, 0.4) is 0 Å². The quantitative estimate of drug-likeness (QED) is 0.816. The van der Waals surface area contributed by atoms with Crippen LogP contribution in [0.1, 0.15) is 31.0 Å². The standard InChI is InChI=1S/C9H12F2N2O/c1-2-5-6(13-14-7(5)12)9(3-4-9)8(10)11/h8H,2-4,12H2,1H3. The van der Waals surface area contributed by atoms with E-state index in [1.807, 2.05) is 6.92 Å². The largest absolute Gasteiger partial charge is 0.367 e. The van der Waals surface area contributed by atoms with Crippen molar-refractivity contribution in [2.24, 2.45) is 0 Å². The van der Waals surface area contributed by atoms with Crippen LogP contribution in [-0.4, -0.2) is 11.6 Å². The van der Waals surface area contributed by atoms with E-state index in [0.29, 0.717) is 30.5 Å². The lowest BCUT2D eigenvalue weighted by atomic mass is 9.98. The van der Waals surface area contributed by atoms with Crippen LogP contribution in [-0.2, 0) is 11.8 Å². The van der Waals surface area contributed by atoms with E-state index in [-0.39, 0.29) is 5.88 Å². The molecule has 78 valence electrons. The van der Waals surface area contributed by atoms with E-state index in [0.717, 1.165) is 0 Å². The number of hydrogen-bond acceptors (Lipinski definition) is 3. The minimum Gasteiger partial charge on any atom is -0.367 e. The number of alkyl halides is 2. The number of nitrogens with zero attached hydrogens (tertiary/aromatic N) is 1. The van der Waals surface area contributed by atoms with Gasteiger partial charge in [-0.05, 0) is 19.3 Å². The molecule has 0 radical (unpaired) electrons. The predicted molar refractivity (Wildman–Crippen MR) is 47.2 cm³/mol. The van der Waals surface area contributed by atoms with Gasteiger partial charge in [0.25, 0.3) is 0 Å². The molecular formula is C9H12F2N2O. The zero-order chi connectivity index (χ0) is 10.3. The Kier molecular flexibility index (Phi) is 1.97. The smallest absolute Gasteiger partial charge is 0.249 e. The lowest BCUT2D eigenvalue weighted by Gasteiger charge is -2.11. The number of hydrogen-bond donors (Lipinski definition) is 1. The Morgan fingerprint density at radius 2 is 2.21 bits per heavy atom. The number of nitrogens with two attached hydrogens (primary N) is 1. The predicted octanol–water partition coefficient (Wildman–Crippen LogP) is 2.12. The summed E-state index contributed by atoms with van der Waals surface area (Å²) < 4.78 is 30.3. The third kappa shape index (κ3) is 1.11. The average molecular weight is 202 g/mol. The van der Waals surface area contributed by atoms with E-state index in [2.05, 4.69) is 5.16 Å². The first-order valence-corrected chi connectivity index (χ1v) is 4.64. The van der Waals surface area contributed by atoms with Crippen LogP contribution in [0.15, 0.2) is 4.52 Å². The molecule has 0 bridgehead atoms. The number of halogens is 2. The van der Waals surface area contributed by atoms with Crippen LogP contribution in [0.2, 0.25) is 0 Å². The summed E-state index contributed by atoms with van der Waals surface area (Å²) in [5.74, 6) is 0.175. The SMILES string of the molecule is CCc1c(C2(C(F)F)CC2)noc1N. The van der Waals surface area contributed by atoms with Gasteiger partial charge in [-0.2, -0.15) is 0 Å². The van der Waals surface area contributed by atoms with Crippen LogP contribution in [0.5, 0.6) is 0 Å². The molecule has 14 heavy (non-hydrogen) atoms. The maximum atomic E-state index is 12.8. The van der Waals surface area contributed by atoms with Gasteiger partial charge in [0.2, 0.25) is 12.3 Å². The Morgan fingerprint density at radius 3 is 2.64 bits per heavy atom. The molecule has 1 aliphatic rings. The fourth-order valence-corrected chi connectivity index (χ4v) is 1.75. The summed E-state index contributed by atoms with van der Waals surface area (Å²) in [4.78, 5) is 0. The van der Waals surface area contributed by atoms with Gasteiger partial charge in [0.15, 0.2) is 0 Å². The molecule has 3 nitrogen and oxygen atoms in total. The molecule has 0 saturated heterocycles. The normalized spacial score (nSPS) is 18.9. The number of aromatic nitrogens is 1. The van der Waals surface area contributed by atoms with Crippen molar-refractivity contribution >= 4 is 5.88 Å². The summed E-state index contributed by atoms with van der Waals surface area (Å²) in [6.45, 7) is 1.86. The number of rotatable bonds is 3. The van der Waals surface area contributed by atoms with Crippen molar-refractivity contribution < 1.29 is 13.3 Å². The van der Waals surface area contributed by atoms with Crippen molar-refractivity contribution in [1.29, 1.82) is 0 Å². The molecule has 0 aromatic carbocycles. The molecular weight excluding hydrogens is 190 g/mol. The van der Waals surface area contributed by atoms with Gasteiger partial charge in [0, 0.05) is 5.56 Å². The lowest BCUT2D eigenvalue weighted by Crippen LogP contribution is -2.19. The molecule has 1 saturated carbocycles. The van der Waals surface area contributed by atoms with E-state index in [9.17, 15) is 8.78 Å². The maximum absolute atomic E-state index is 12.8. The van der Waals surface area contributed by atoms with Crippen LogP contribution in [0, 0.1) is 0 Å². The zero-order valence-corrected chi connectivity index (χ0v) is 7.89. The molecule has 0 spiro atoms. The third-order valence-corrected chi connectivity index (χ3v) is 2.85.